The summed E-state index contributed by atoms with van der Waals surface area (Å²) in [5.41, 5.74) is -8.29. The zero-order chi connectivity index (χ0) is 38.2. The summed E-state index contributed by atoms with van der Waals surface area (Å²) in [4.78, 5) is 14.0. The normalized spacial score (nSPS) is 29.0. The molecule has 0 saturated heterocycles. The fourth-order valence-electron chi connectivity index (χ4n) is 3.98. The summed E-state index contributed by atoms with van der Waals surface area (Å²) >= 11 is 0. The number of fused-ring (bicyclic) bond motifs is 2. The van der Waals surface area contributed by atoms with Crippen molar-refractivity contribution >= 4 is 16.7 Å². The summed E-state index contributed by atoms with van der Waals surface area (Å²) in [6, 6.07) is -0.786. The second-order valence-electron chi connectivity index (χ2n) is 8.91. The highest BCUT2D eigenvalue weighted by Gasteiger charge is 2.52. The Labute approximate surface area is 230 Å². The third-order valence-corrected chi connectivity index (χ3v) is 6.28. The highest BCUT2D eigenvalue weighted by Crippen LogP contribution is 2.52. The van der Waals surface area contributed by atoms with Crippen molar-refractivity contribution < 1.29 is 55.5 Å². The van der Waals surface area contributed by atoms with Crippen molar-refractivity contribution in [3.8, 4) is 11.5 Å². The van der Waals surface area contributed by atoms with E-state index in [0.717, 1.165) is 25.1 Å². The largest absolute Gasteiger partial charge is 0.586 e. The molecule has 2 aliphatic rings. The molecule has 0 amide bonds. The van der Waals surface area contributed by atoms with E-state index in [9.17, 15) is 23.8 Å². The Hall–Kier alpha value is -3.04. The minimum Gasteiger partial charge on any atom is -0.395 e. The second kappa shape index (κ2) is 8.77. The molecule has 0 bridgehead atoms. The van der Waals surface area contributed by atoms with Gasteiger partial charge in [-0.2, -0.15) is 0 Å². The van der Waals surface area contributed by atoms with Crippen molar-refractivity contribution in [1.29, 1.82) is 0 Å². The third-order valence-electron chi connectivity index (χ3n) is 6.28. The number of benzene rings is 2. The Bertz CT molecular complexity index is 1930. The molecule has 2 aromatic carbocycles. The van der Waals surface area contributed by atoms with E-state index in [1.165, 1.54) is 6.92 Å². The molecular formula is C28H30F3NO5. The molecule has 5 rings (SSSR count). The lowest BCUT2D eigenvalue weighted by molar-refractivity contribution is -0.286. The van der Waals surface area contributed by atoms with Gasteiger partial charge in [0.2, 0.25) is 0 Å². The van der Waals surface area contributed by atoms with Gasteiger partial charge in [0, 0.05) is 32.5 Å². The van der Waals surface area contributed by atoms with Crippen molar-refractivity contribution in [3.05, 3.63) is 59.0 Å². The molecule has 1 unspecified atom stereocenters. The molecule has 3 aromatic rings. The lowest BCUT2D eigenvalue weighted by Gasteiger charge is -2.26. The van der Waals surface area contributed by atoms with Crippen molar-refractivity contribution in [3.63, 3.8) is 0 Å². The Morgan fingerprint density at radius 3 is 2.73 bits per heavy atom. The topological polar surface area (TPSA) is 80.9 Å². The molecule has 2 heterocycles. The molecular weight excluding hydrogens is 487 g/mol. The number of rotatable bonds is 9. The van der Waals surface area contributed by atoms with Gasteiger partial charge < -0.3 is 24.3 Å². The van der Waals surface area contributed by atoms with Crippen molar-refractivity contribution in [2.24, 2.45) is 0 Å². The summed E-state index contributed by atoms with van der Waals surface area (Å²) in [5, 5.41) is 19.5. The molecule has 37 heavy (non-hydrogen) atoms. The molecule has 2 N–H and O–H groups in total. The zero-order valence-corrected chi connectivity index (χ0v) is 19.6. The lowest BCUT2D eigenvalue weighted by atomic mass is 9.86. The van der Waals surface area contributed by atoms with Gasteiger partial charge in [-0.1, -0.05) is 26.8 Å². The molecule has 6 nitrogen and oxygen atoms in total. The molecule has 2 atom stereocenters. The van der Waals surface area contributed by atoms with E-state index in [1.54, 1.807) is 0 Å². The summed E-state index contributed by atoms with van der Waals surface area (Å²) in [7, 11) is 0. The monoisotopic (exact) mass is 530 g/mol. The van der Waals surface area contributed by atoms with Crippen molar-refractivity contribution in [2.45, 2.75) is 76.0 Å². The summed E-state index contributed by atoms with van der Waals surface area (Å²) in [5.74, 6) is -4.31. The highest BCUT2D eigenvalue weighted by molar-refractivity contribution is 5.95. The maximum absolute atomic E-state index is 16.3. The maximum atomic E-state index is 16.3. The average Bonchev–Trinajstić information content (AvgIpc) is 3.27. The number of alkyl halides is 2. The molecule has 1 saturated carbocycles. The number of ketones is 1. The van der Waals surface area contributed by atoms with E-state index in [2.05, 4.69) is 9.47 Å². The van der Waals surface area contributed by atoms with E-state index in [1.807, 2.05) is 0 Å². The Morgan fingerprint density at radius 1 is 1.35 bits per heavy atom. The van der Waals surface area contributed by atoms with Crippen LogP contribution in [0, 0.1) is 5.82 Å². The lowest BCUT2D eigenvalue weighted by Crippen LogP contribution is -2.26. The van der Waals surface area contributed by atoms with E-state index < -0.39 is 131 Å². The van der Waals surface area contributed by atoms with E-state index in [4.69, 9.17) is 17.8 Å². The molecule has 1 aromatic heterocycles. The van der Waals surface area contributed by atoms with Gasteiger partial charge >= 0.3 is 6.29 Å². The number of carbonyl (C=O) groups excluding carboxylic acids is 1. The van der Waals surface area contributed by atoms with Crippen LogP contribution >= 0.6 is 0 Å². The predicted octanol–water partition coefficient (Wildman–Crippen LogP) is 4.99. The second-order valence-corrected chi connectivity index (χ2v) is 8.91. The fraction of sp³-hybridized carbons (Fsp3) is 0.464. The van der Waals surface area contributed by atoms with Crippen LogP contribution < -0.4 is 9.47 Å². The number of aliphatic hydroxyl groups is 2. The van der Waals surface area contributed by atoms with Crippen LogP contribution in [-0.2, 0) is 28.5 Å². The Kier molecular flexibility index (Phi) is 3.37. The van der Waals surface area contributed by atoms with Gasteiger partial charge in [-0.05, 0) is 60.6 Å². The molecule has 1 aliphatic heterocycles. The molecule has 198 valence electrons. The van der Waals surface area contributed by atoms with Crippen LogP contribution in [0.5, 0.6) is 11.5 Å². The fourth-order valence-corrected chi connectivity index (χ4v) is 3.98. The predicted molar refractivity (Wildman–Crippen MR) is 131 cm³/mol. The van der Waals surface area contributed by atoms with Crippen LogP contribution in [0.3, 0.4) is 0 Å². The quantitative estimate of drug-likeness (QED) is 0.408. The first kappa shape index (κ1) is 14.2. The number of carbonyl (C=O) groups is 1. The summed E-state index contributed by atoms with van der Waals surface area (Å²) in [6.45, 7) is -5.79. The van der Waals surface area contributed by atoms with Crippen molar-refractivity contribution in [1.82, 2.24) is 4.57 Å². The first-order valence-corrected chi connectivity index (χ1v) is 11.2. The van der Waals surface area contributed by atoms with Gasteiger partial charge in [-0.15, -0.1) is 8.78 Å². The number of hydrogen-bond donors (Lipinski definition) is 2. The number of halogens is 3. The average molecular weight is 531 g/mol. The first-order valence-electron chi connectivity index (χ1n) is 17.7. The minimum absolute atomic E-state index is 0.223. The van der Waals surface area contributed by atoms with Crippen LogP contribution in [0.1, 0.15) is 74.5 Å². The number of aromatic nitrogens is 1. The number of aliphatic hydroxyl groups excluding tert-OH is 1. The van der Waals surface area contributed by atoms with Crippen LogP contribution in [-0.4, -0.2) is 39.5 Å². The van der Waals surface area contributed by atoms with Gasteiger partial charge in [0.15, 0.2) is 11.5 Å². The van der Waals surface area contributed by atoms with Crippen LogP contribution in [0.15, 0.2) is 36.3 Å². The number of hydrogen-bond acceptors (Lipinski definition) is 5. The molecule has 9 heteroatoms. The van der Waals surface area contributed by atoms with Gasteiger partial charge in [0.1, 0.15) is 11.6 Å². The Morgan fingerprint density at radius 2 is 2.08 bits per heavy atom. The van der Waals surface area contributed by atoms with Crippen molar-refractivity contribution in [2.75, 3.05) is 6.61 Å². The Balaban J connectivity index is 1.78. The SMILES string of the molecule is [2H]c1c(CC(=O)C2(c3ccc4c(c3)OC(F)(F)O4)C([2H])([2H])C2([2H])[2H])c(F)c([2H])c2c1c([2H])c(C(C)(CC)C([2H])([2H])[2H])n2C([2H])([2H])[C@@]([2H])(O)CO. The summed E-state index contributed by atoms with van der Waals surface area (Å²) < 4.78 is 163. The summed E-state index contributed by atoms with van der Waals surface area (Å²) in [6.07, 6.45) is -15.4. The van der Waals surface area contributed by atoms with Gasteiger partial charge in [0.25, 0.3) is 0 Å². The molecule has 1 aliphatic carbocycles. The number of nitrogens with zero attached hydrogens (tertiary/aromatic N) is 1. The first-order chi connectivity index (χ1) is 22.6. The van der Waals surface area contributed by atoms with E-state index in [0.29, 0.717) is 0 Å². The number of ether oxygens (including phenoxy) is 2. The van der Waals surface area contributed by atoms with E-state index in [-0.39, 0.29) is 11.0 Å². The standard InChI is InChI=1S/C28H30F3NO5/c1-4-26(2,3)24-10-17-9-16(20(29)13-21(17)32(24)14-19(34)15-33)11-25(35)27(7-8-27)18-5-6-22-23(12-18)37-28(30,31)36-22/h5-6,9-10,12-13,19,33-34H,4,7-8,11,14-15H2,1-3H3/t19-/m1/s1/i2D3,7D2,8D2,9D,10D,13D,14D2,19D/t19-,26?. The molecule has 0 spiro atoms. The van der Waals surface area contributed by atoms with Gasteiger partial charge in [-0.3, -0.25) is 4.79 Å². The van der Waals surface area contributed by atoms with Gasteiger partial charge in [-0.25, -0.2) is 4.39 Å². The third kappa shape index (κ3) is 4.48. The zero-order valence-electron chi connectivity index (χ0n) is 32.6. The smallest absolute Gasteiger partial charge is 0.395 e. The highest BCUT2D eigenvalue weighted by atomic mass is 19.3. The molecule has 1 fully saturated rings. The van der Waals surface area contributed by atoms with Gasteiger partial charge in [0.05, 0.1) is 38.3 Å². The minimum atomic E-state index is -4.12. The van der Waals surface area contributed by atoms with Crippen LogP contribution in [0.25, 0.3) is 10.9 Å². The maximum Gasteiger partial charge on any atom is 0.586 e. The van der Waals surface area contributed by atoms with Crippen LogP contribution in [0.2, 0.25) is 0 Å². The number of Topliss-reactive ketones (excluding diaryl/α,β-unsaturated/α-hetero) is 1. The van der Waals surface area contributed by atoms with E-state index >= 15 is 4.39 Å². The molecule has 0 radical (unpaired) electrons. The van der Waals surface area contributed by atoms with Crippen LogP contribution in [0.4, 0.5) is 13.2 Å².